The highest BCUT2D eigenvalue weighted by Crippen LogP contribution is 2.34. The van der Waals surface area contributed by atoms with Crippen LogP contribution in [-0.4, -0.2) is 18.3 Å². The molecule has 1 atom stereocenters. The lowest BCUT2D eigenvalue weighted by molar-refractivity contribution is 0.519. The average Bonchev–Trinajstić information content (AvgIpc) is 3.13. The molecule has 0 radical (unpaired) electrons. The van der Waals surface area contributed by atoms with Gasteiger partial charge in [-0.05, 0) is 30.9 Å². The Labute approximate surface area is 103 Å². The fourth-order valence-electron chi connectivity index (χ4n) is 2.00. The van der Waals surface area contributed by atoms with E-state index in [4.69, 9.17) is 0 Å². The topological polar surface area (TPSA) is 12.0 Å². The molecule has 2 heteroatoms. The first-order chi connectivity index (χ1) is 7.90. The van der Waals surface area contributed by atoms with Crippen molar-refractivity contribution in [2.24, 2.45) is 5.92 Å². The molecule has 0 heterocycles. The summed E-state index contributed by atoms with van der Waals surface area (Å²) in [7, 11) is 0. The highest BCUT2D eigenvalue weighted by Gasteiger charge is 2.30. The van der Waals surface area contributed by atoms with Crippen molar-refractivity contribution in [3.63, 3.8) is 0 Å². The van der Waals surface area contributed by atoms with E-state index in [1.54, 1.807) is 0 Å². The van der Waals surface area contributed by atoms with Crippen molar-refractivity contribution >= 4 is 11.8 Å². The number of hydrogen-bond acceptors (Lipinski definition) is 2. The van der Waals surface area contributed by atoms with Gasteiger partial charge in [0.15, 0.2) is 0 Å². The minimum atomic E-state index is 0.749. The zero-order chi connectivity index (χ0) is 11.2. The smallest absolute Gasteiger partial charge is 0.0186 e. The van der Waals surface area contributed by atoms with Crippen LogP contribution >= 0.6 is 11.8 Å². The van der Waals surface area contributed by atoms with Crippen molar-refractivity contribution < 1.29 is 0 Å². The summed E-state index contributed by atoms with van der Waals surface area (Å²) < 4.78 is 0. The molecule has 1 saturated carbocycles. The van der Waals surface area contributed by atoms with Crippen LogP contribution in [0.1, 0.15) is 25.3 Å². The molecule has 1 fully saturated rings. The first-order valence-corrected chi connectivity index (χ1v) is 7.40. The predicted molar refractivity (Wildman–Crippen MR) is 72.8 cm³/mol. The van der Waals surface area contributed by atoms with Crippen molar-refractivity contribution in [1.29, 1.82) is 0 Å². The molecule has 1 aliphatic rings. The fourth-order valence-corrected chi connectivity index (χ4v) is 3.19. The van der Waals surface area contributed by atoms with Gasteiger partial charge in [0, 0.05) is 17.5 Å². The second-order valence-electron chi connectivity index (χ2n) is 4.50. The van der Waals surface area contributed by atoms with Crippen LogP contribution in [0.2, 0.25) is 0 Å². The Morgan fingerprint density at radius 2 is 2.06 bits per heavy atom. The summed E-state index contributed by atoms with van der Waals surface area (Å²) in [6.07, 6.45) is 2.87. The summed E-state index contributed by atoms with van der Waals surface area (Å²) in [5.41, 5.74) is 1.44. The molecule has 1 unspecified atom stereocenters. The summed E-state index contributed by atoms with van der Waals surface area (Å²) in [6, 6.07) is 11.5. The number of hydrogen-bond donors (Lipinski definition) is 1. The van der Waals surface area contributed by atoms with Crippen LogP contribution < -0.4 is 5.32 Å². The maximum atomic E-state index is 3.61. The largest absolute Gasteiger partial charge is 0.313 e. The molecule has 0 aliphatic heterocycles. The van der Waals surface area contributed by atoms with Crippen molar-refractivity contribution in [2.45, 2.75) is 31.6 Å². The highest BCUT2D eigenvalue weighted by atomic mass is 32.2. The van der Waals surface area contributed by atoms with Crippen molar-refractivity contribution in [2.75, 3.05) is 12.3 Å². The minimum absolute atomic E-state index is 0.749. The lowest BCUT2D eigenvalue weighted by atomic mass is 10.2. The minimum Gasteiger partial charge on any atom is -0.313 e. The van der Waals surface area contributed by atoms with Gasteiger partial charge in [0.1, 0.15) is 0 Å². The van der Waals surface area contributed by atoms with E-state index in [9.17, 15) is 0 Å². The van der Waals surface area contributed by atoms with Gasteiger partial charge in [0.05, 0.1) is 0 Å². The van der Waals surface area contributed by atoms with Crippen LogP contribution in [0.4, 0.5) is 0 Å². The second-order valence-corrected chi connectivity index (χ2v) is 5.53. The predicted octanol–water partition coefficient (Wildman–Crippen LogP) is 3.31. The lowest BCUT2D eigenvalue weighted by Gasteiger charge is -2.16. The summed E-state index contributed by atoms with van der Waals surface area (Å²) >= 11 is 2.06. The second kappa shape index (κ2) is 6.31. The maximum absolute atomic E-state index is 3.61. The zero-order valence-electron chi connectivity index (χ0n) is 9.99. The van der Waals surface area contributed by atoms with Gasteiger partial charge in [-0.2, -0.15) is 11.8 Å². The van der Waals surface area contributed by atoms with Crippen LogP contribution in [0.15, 0.2) is 30.3 Å². The van der Waals surface area contributed by atoms with Crippen LogP contribution in [-0.2, 0) is 5.75 Å². The molecule has 16 heavy (non-hydrogen) atoms. The molecule has 0 aromatic heterocycles. The van der Waals surface area contributed by atoms with E-state index >= 15 is 0 Å². The Kier molecular flexibility index (Phi) is 4.73. The summed E-state index contributed by atoms with van der Waals surface area (Å²) in [5, 5.41) is 3.61. The van der Waals surface area contributed by atoms with Crippen LogP contribution in [0.25, 0.3) is 0 Å². The molecule has 1 aromatic rings. The molecule has 0 amide bonds. The van der Waals surface area contributed by atoms with Crippen molar-refractivity contribution in [3.8, 4) is 0 Å². The SMILES string of the molecule is CCNC(CSCc1ccccc1)C1CC1. The Balaban J connectivity index is 1.70. The summed E-state index contributed by atoms with van der Waals surface area (Å²) in [6.45, 7) is 3.31. The monoisotopic (exact) mass is 235 g/mol. The molecule has 2 rings (SSSR count). The fraction of sp³-hybridized carbons (Fsp3) is 0.571. The third-order valence-corrected chi connectivity index (χ3v) is 4.20. The van der Waals surface area contributed by atoms with E-state index in [1.807, 2.05) is 0 Å². The third-order valence-electron chi connectivity index (χ3n) is 3.07. The van der Waals surface area contributed by atoms with Gasteiger partial charge >= 0.3 is 0 Å². The molecule has 0 saturated heterocycles. The summed E-state index contributed by atoms with van der Waals surface area (Å²) in [5.74, 6) is 3.37. The molecular weight excluding hydrogens is 214 g/mol. The third kappa shape index (κ3) is 3.84. The van der Waals surface area contributed by atoms with E-state index in [-0.39, 0.29) is 0 Å². The van der Waals surface area contributed by atoms with Crippen LogP contribution in [0.3, 0.4) is 0 Å². The Bertz CT molecular complexity index is 295. The van der Waals surface area contributed by atoms with Gasteiger partial charge in [-0.15, -0.1) is 0 Å². The van der Waals surface area contributed by atoms with Gasteiger partial charge in [0.25, 0.3) is 0 Å². The van der Waals surface area contributed by atoms with Crippen LogP contribution in [0.5, 0.6) is 0 Å². The van der Waals surface area contributed by atoms with Gasteiger partial charge in [0.2, 0.25) is 0 Å². The van der Waals surface area contributed by atoms with E-state index < -0.39 is 0 Å². The number of benzene rings is 1. The standard InChI is InChI=1S/C14H21NS/c1-2-15-14(13-8-9-13)11-16-10-12-6-4-3-5-7-12/h3-7,13-15H,2,8-11H2,1H3. The van der Waals surface area contributed by atoms with E-state index in [0.29, 0.717) is 0 Å². The molecular formula is C14H21NS. The highest BCUT2D eigenvalue weighted by molar-refractivity contribution is 7.98. The lowest BCUT2D eigenvalue weighted by Crippen LogP contribution is -2.33. The number of rotatable bonds is 7. The molecule has 1 nitrogen and oxygen atoms in total. The van der Waals surface area contributed by atoms with Crippen molar-refractivity contribution in [3.05, 3.63) is 35.9 Å². The van der Waals surface area contributed by atoms with Gasteiger partial charge in [-0.25, -0.2) is 0 Å². The quantitative estimate of drug-likeness (QED) is 0.778. The normalized spacial score (nSPS) is 17.3. The molecule has 1 aromatic carbocycles. The van der Waals surface area contributed by atoms with E-state index in [1.165, 1.54) is 24.2 Å². The van der Waals surface area contributed by atoms with E-state index in [2.05, 4.69) is 54.3 Å². The van der Waals surface area contributed by atoms with Gasteiger partial charge in [-0.3, -0.25) is 0 Å². The molecule has 1 N–H and O–H groups in total. The molecule has 1 aliphatic carbocycles. The first-order valence-electron chi connectivity index (χ1n) is 6.25. The Morgan fingerprint density at radius 3 is 2.69 bits per heavy atom. The Hall–Kier alpha value is -0.470. The number of thioether (sulfide) groups is 1. The molecule has 0 bridgehead atoms. The number of nitrogens with one attached hydrogen (secondary N) is 1. The first kappa shape index (κ1) is 12.0. The zero-order valence-corrected chi connectivity index (χ0v) is 10.8. The average molecular weight is 235 g/mol. The molecule has 88 valence electrons. The van der Waals surface area contributed by atoms with Crippen molar-refractivity contribution in [1.82, 2.24) is 5.32 Å². The Morgan fingerprint density at radius 1 is 1.31 bits per heavy atom. The maximum Gasteiger partial charge on any atom is 0.0186 e. The van der Waals surface area contributed by atoms with Gasteiger partial charge < -0.3 is 5.32 Å². The van der Waals surface area contributed by atoms with Gasteiger partial charge in [-0.1, -0.05) is 37.3 Å². The molecule has 0 spiro atoms. The van der Waals surface area contributed by atoms with Crippen LogP contribution in [0, 0.1) is 5.92 Å². The summed E-state index contributed by atoms with van der Waals surface area (Å²) in [4.78, 5) is 0. The van der Waals surface area contributed by atoms with E-state index in [0.717, 1.165) is 24.3 Å².